The molecule has 0 radical (unpaired) electrons. The minimum atomic E-state index is -0.301. The maximum Gasteiger partial charge on any atom is 0.258 e. The fourth-order valence-electron chi connectivity index (χ4n) is 3.26. The molecule has 0 aliphatic rings. The zero-order chi connectivity index (χ0) is 27.5. The third kappa shape index (κ3) is 8.29. The number of carbonyl (C=O) groups excluding carboxylic acids is 1. The van der Waals surface area contributed by atoms with Crippen molar-refractivity contribution in [3.8, 4) is 17.3 Å². The van der Waals surface area contributed by atoms with Crippen LogP contribution in [0.15, 0.2) is 90.2 Å². The number of aromatic nitrogens is 2. The Balaban J connectivity index is 0.000000232. The Morgan fingerprint density at radius 1 is 1.00 bits per heavy atom. The Hall–Kier alpha value is -3.96. The van der Waals surface area contributed by atoms with E-state index in [1.165, 1.54) is 0 Å². The van der Waals surface area contributed by atoms with Crippen molar-refractivity contribution in [2.75, 3.05) is 12.4 Å². The van der Waals surface area contributed by atoms with Crippen LogP contribution in [0.25, 0.3) is 11.1 Å². The van der Waals surface area contributed by atoms with E-state index in [4.69, 9.17) is 40.1 Å². The maximum atomic E-state index is 12.4. The smallest absolute Gasteiger partial charge is 0.258 e. The molecule has 4 rings (SSSR count). The standard InChI is InChI=1S/C18H12Cl2N2O.C10H11ClN4/c19-13-9-7-12(8-10-13)14-4-1-2-6-16(14)22-18(23)15-5-3-11-21-17(15)20;1-8(14-7-12)15(2)6-9-3-4-10(11)13-5-9/h1-11H,(H,22,23);3-5H,6H2,1-2H3/b;14-8+. The molecule has 0 spiro atoms. The second-order valence-electron chi connectivity index (χ2n) is 7.95. The predicted octanol–water partition coefficient (Wildman–Crippen LogP) is 7.37. The molecule has 0 saturated carbocycles. The lowest BCUT2D eigenvalue weighted by molar-refractivity contribution is 0.102. The average molecular weight is 566 g/mol. The zero-order valence-electron chi connectivity index (χ0n) is 20.6. The molecule has 192 valence electrons. The SMILES string of the molecule is C/C(=N\C#N)N(C)Cc1ccc(Cl)nc1.O=C(Nc1ccccc1-c1ccc(Cl)cc1)c1cccnc1Cl. The highest BCUT2D eigenvalue weighted by Gasteiger charge is 2.13. The number of nitrogens with one attached hydrogen (secondary N) is 1. The lowest BCUT2D eigenvalue weighted by Gasteiger charge is -2.17. The first-order chi connectivity index (χ1) is 18.3. The number of amides is 1. The molecule has 0 unspecified atom stereocenters. The van der Waals surface area contributed by atoms with Gasteiger partial charge in [0.15, 0.2) is 0 Å². The number of amidine groups is 1. The monoisotopic (exact) mass is 564 g/mol. The molecule has 0 saturated heterocycles. The molecule has 0 aliphatic heterocycles. The van der Waals surface area contributed by atoms with E-state index in [0.717, 1.165) is 16.7 Å². The number of pyridine rings is 2. The number of rotatable bonds is 5. The molecule has 4 aromatic rings. The van der Waals surface area contributed by atoms with Gasteiger partial charge in [-0.25, -0.2) is 9.97 Å². The highest BCUT2D eigenvalue weighted by molar-refractivity contribution is 6.33. The molecule has 0 bridgehead atoms. The second kappa shape index (κ2) is 14.1. The Morgan fingerprint density at radius 3 is 2.39 bits per heavy atom. The van der Waals surface area contributed by atoms with Crippen LogP contribution in [-0.2, 0) is 6.54 Å². The highest BCUT2D eigenvalue weighted by Crippen LogP contribution is 2.29. The number of para-hydroxylation sites is 1. The first-order valence-electron chi connectivity index (χ1n) is 11.3. The zero-order valence-corrected chi connectivity index (χ0v) is 22.8. The van der Waals surface area contributed by atoms with E-state index in [9.17, 15) is 4.79 Å². The topological polar surface area (TPSA) is 94.3 Å². The highest BCUT2D eigenvalue weighted by atomic mass is 35.5. The van der Waals surface area contributed by atoms with Crippen molar-refractivity contribution < 1.29 is 4.79 Å². The van der Waals surface area contributed by atoms with Gasteiger partial charge in [0.05, 0.1) is 5.56 Å². The van der Waals surface area contributed by atoms with E-state index < -0.39 is 0 Å². The van der Waals surface area contributed by atoms with Crippen LogP contribution in [0.4, 0.5) is 5.69 Å². The molecule has 1 amide bonds. The van der Waals surface area contributed by atoms with E-state index in [2.05, 4.69) is 20.3 Å². The van der Waals surface area contributed by atoms with E-state index in [1.54, 1.807) is 43.7 Å². The number of carbonyl (C=O) groups is 1. The minimum absolute atomic E-state index is 0.175. The molecule has 2 heterocycles. The molecule has 7 nitrogen and oxygen atoms in total. The third-order valence-electron chi connectivity index (χ3n) is 5.31. The van der Waals surface area contributed by atoms with E-state index in [1.807, 2.05) is 66.5 Å². The molecule has 38 heavy (non-hydrogen) atoms. The van der Waals surface area contributed by atoms with Crippen molar-refractivity contribution in [1.29, 1.82) is 5.26 Å². The number of anilines is 1. The summed E-state index contributed by atoms with van der Waals surface area (Å²) < 4.78 is 0. The number of nitriles is 1. The summed E-state index contributed by atoms with van der Waals surface area (Å²) in [6.07, 6.45) is 5.00. The molecule has 1 N–H and O–H groups in total. The van der Waals surface area contributed by atoms with Crippen LogP contribution < -0.4 is 5.32 Å². The van der Waals surface area contributed by atoms with Crippen molar-refractivity contribution in [3.63, 3.8) is 0 Å². The van der Waals surface area contributed by atoms with E-state index >= 15 is 0 Å². The molecule has 2 aromatic heterocycles. The number of benzene rings is 2. The first-order valence-corrected chi connectivity index (χ1v) is 12.4. The maximum absolute atomic E-state index is 12.4. The van der Waals surface area contributed by atoms with Crippen molar-refractivity contribution in [1.82, 2.24) is 14.9 Å². The van der Waals surface area contributed by atoms with Crippen LogP contribution in [0.2, 0.25) is 15.3 Å². The number of nitrogens with zero attached hydrogens (tertiary/aromatic N) is 5. The lowest BCUT2D eigenvalue weighted by Crippen LogP contribution is -2.23. The van der Waals surface area contributed by atoms with Crippen LogP contribution >= 0.6 is 34.8 Å². The molecule has 0 atom stereocenters. The summed E-state index contributed by atoms with van der Waals surface area (Å²) in [5, 5.41) is 12.6. The van der Waals surface area contributed by atoms with Gasteiger partial charge in [0.1, 0.15) is 16.1 Å². The fraction of sp³-hybridized carbons (Fsp3) is 0.107. The number of hydrogen-bond acceptors (Lipinski definition) is 5. The van der Waals surface area contributed by atoms with Crippen LogP contribution in [0, 0.1) is 11.5 Å². The summed E-state index contributed by atoms with van der Waals surface area (Å²) in [7, 11) is 1.87. The first kappa shape index (κ1) is 28.6. The van der Waals surface area contributed by atoms with E-state index in [0.29, 0.717) is 33.8 Å². The van der Waals surface area contributed by atoms with Gasteiger partial charge in [0.2, 0.25) is 6.19 Å². The average Bonchev–Trinajstić information content (AvgIpc) is 2.91. The van der Waals surface area contributed by atoms with Crippen LogP contribution in [0.1, 0.15) is 22.8 Å². The number of hydrogen-bond donors (Lipinski definition) is 1. The summed E-state index contributed by atoms with van der Waals surface area (Å²) >= 11 is 17.6. The molecule has 2 aromatic carbocycles. The summed E-state index contributed by atoms with van der Waals surface area (Å²) in [5.74, 6) is 0.372. The van der Waals surface area contributed by atoms with Crippen molar-refractivity contribution >= 4 is 52.2 Å². The van der Waals surface area contributed by atoms with Gasteiger partial charge in [-0.1, -0.05) is 71.2 Å². The quantitative estimate of drug-likeness (QED) is 0.118. The van der Waals surface area contributed by atoms with Crippen LogP contribution in [0.5, 0.6) is 0 Å². The largest absolute Gasteiger partial charge is 0.358 e. The van der Waals surface area contributed by atoms with Crippen LogP contribution in [0.3, 0.4) is 0 Å². The van der Waals surface area contributed by atoms with Gasteiger partial charge < -0.3 is 10.2 Å². The van der Waals surface area contributed by atoms with Gasteiger partial charge in [-0.05, 0) is 54.4 Å². The van der Waals surface area contributed by atoms with Gasteiger partial charge in [-0.15, -0.1) is 0 Å². The molecule has 10 heteroatoms. The number of aliphatic imine (C=N–C) groups is 1. The Labute approximate surface area is 236 Å². The van der Waals surface area contributed by atoms with Gasteiger partial charge in [-0.2, -0.15) is 10.3 Å². The Morgan fingerprint density at radius 2 is 1.74 bits per heavy atom. The van der Waals surface area contributed by atoms with Gasteiger partial charge in [0, 0.05) is 42.3 Å². The van der Waals surface area contributed by atoms with Gasteiger partial charge >= 0.3 is 0 Å². The lowest BCUT2D eigenvalue weighted by atomic mass is 10.0. The molecular formula is C28H23Cl3N6O. The van der Waals surface area contributed by atoms with Crippen molar-refractivity contribution in [2.24, 2.45) is 4.99 Å². The summed E-state index contributed by atoms with van der Waals surface area (Å²) in [4.78, 5) is 25.8. The summed E-state index contributed by atoms with van der Waals surface area (Å²) in [5.41, 5.74) is 3.91. The predicted molar refractivity (Wildman–Crippen MR) is 154 cm³/mol. The van der Waals surface area contributed by atoms with Crippen molar-refractivity contribution in [2.45, 2.75) is 13.5 Å². The van der Waals surface area contributed by atoms with Crippen LogP contribution in [-0.4, -0.2) is 33.7 Å². The van der Waals surface area contributed by atoms with Gasteiger partial charge in [0.25, 0.3) is 5.91 Å². The van der Waals surface area contributed by atoms with Gasteiger partial charge in [-0.3, -0.25) is 4.79 Å². The molecular weight excluding hydrogens is 543 g/mol. The number of halogens is 3. The van der Waals surface area contributed by atoms with E-state index in [-0.39, 0.29) is 11.1 Å². The normalized spacial score (nSPS) is 10.6. The fourth-order valence-corrected chi connectivity index (χ4v) is 3.71. The molecule has 0 aliphatic carbocycles. The second-order valence-corrected chi connectivity index (χ2v) is 9.13. The molecule has 0 fully saturated rings. The minimum Gasteiger partial charge on any atom is -0.358 e. The van der Waals surface area contributed by atoms with Crippen molar-refractivity contribution in [3.05, 3.63) is 112 Å². The summed E-state index contributed by atoms with van der Waals surface area (Å²) in [6, 6.07) is 21.9. The Kier molecular flexibility index (Phi) is 10.6. The summed E-state index contributed by atoms with van der Waals surface area (Å²) in [6.45, 7) is 2.44. The Bertz CT molecular complexity index is 1450. The third-order valence-corrected chi connectivity index (χ3v) is 6.08.